The lowest BCUT2D eigenvalue weighted by molar-refractivity contribution is 0.0908. The lowest BCUT2D eigenvalue weighted by Crippen LogP contribution is -2.43. The second-order valence-corrected chi connectivity index (χ2v) is 6.65. The van der Waals surface area contributed by atoms with Crippen molar-refractivity contribution in [3.05, 3.63) is 59.2 Å². The van der Waals surface area contributed by atoms with Gasteiger partial charge in [-0.15, -0.1) is 0 Å². The smallest absolute Gasteiger partial charge is 0.254 e. The van der Waals surface area contributed by atoms with E-state index >= 15 is 0 Å². The Balaban J connectivity index is 1.33. The molecule has 0 bridgehead atoms. The minimum absolute atomic E-state index is 0.0111. The Morgan fingerprint density at radius 2 is 1.62 bits per heavy atom. The fraction of sp³-hybridized carbons (Fsp3) is 0.389. The van der Waals surface area contributed by atoms with Gasteiger partial charge in [0.25, 0.3) is 5.91 Å². The molecule has 1 N–H and O–H groups in total. The van der Waals surface area contributed by atoms with E-state index in [1.54, 1.807) is 12.4 Å². The molecule has 4 rings (SSSR count). The molecule has 1 amide bonds. The molecule has 1 aromatic carbocycles. The summed E-state index contributed by atoms with van der Waals surface area (Å²) < 4.78 is 26.5. The fourth-order valence-corrected chi connectivity index (χ4v) is 3.10. The van der Waals surface area contributed by atoms with Crippen LogP contribution in [-0.4, -0.2) is 21.9 Å². The number of nitrogens with one attached hydrogen (secondary N) is 1. The van der Waals surface area contributed by atoms with Crippen LogP contribution in [0.15, 0.2) is 30.6 Å². The van der Waals surface area contributed by atoms with Gasteiger partial charge in [0.1, 0.15) is 17.5 Å². The standard InChI is InChI=1S/C18H17F2N3O/c19-14-3-11(4-15(20)7-14)12-5-16(6-12)23-18(24)13-8-21-17(22-9-13)10-1-2-10/h3-4,7-10,12,16H,1-2,5-6H2,(H,23,24). The van der Waals surface area contributed by atoms with Crippen molar-refractivity contribution in [3.8, 4) is 0 Å². The van der Waals surface area contributed by atoms with Crippen LogP contribution in [0, 0.1) is 11.6 Å². The number of benzene rings is 1. The van der Waals surface area contributed by atoms with Crippen molar-refractivity contribution in [2.75, 3.05) is 0 Å². The van der Waals surface area contributed by atoms with E-state index < -0.39 is 11.6 Å². The molecule has 1 aromatic heterocycles. The summed E-state index contributed by atoms with van der Waals surface area (Å²) in [6.45, 7) is 0. The van der Waals surface area contributed by atoms with E-state index in [-0.39, 0.29) is 17.9 Å². The molecular formula is C18H17F2N3O. The SMILES string of the molecule is O=C(NC1CC(c2cc(F)cc(F)c2)C1)c1cnc(C2CC2)nc1. The molecule has 1 heterocycles. The minimum Gasteiger partial charge on any atom is -0.349 e. The number of aromatic nitrogens is 2. The number of carbonyl (C=O) groups is 1. The molecule has 24 heavy (non-hydrogen) atoms. The summed E-state index contributed by atoms with van der Waals surface area (Å²) in [5.74, 6) is 0.0144. The highest BCUT2D eigenvalue weighted by molar-refractivity contribution is 5.93. The third-order valence-electron chi connectivity index (χ3n) is 4.71. The molecule has 0 radical (unpaired) electrons. The zero-order valence-electron chi connectivity index (χ0n) is 13.0. The first-order chi connectivity index (χ1) is 11.6. The molecule has 2 aliphatic rings. The Kier molecular flexibility index (Phi) is 3.75. The van der Waals surface area contributed by atoms with Gasteiger partial charge in [-0.25, -0.2) is 18.7 Å². The molecule has 0 saturated heterocycles. The first-order valence-corrected chi connectivity index (χ1v) is 8.17. The minimum atomic E-state index is -0.564. The summed E-state index contributed by atoms with van der Waals surface area (Å²) in [5, 5.41) is 2.92. The highest BCUT2D eigenvalue weighted by atomic mass is 19.1. The quantitative estimate of drug-likeness (QED) is 0.936. The van der Waals surface area contributed by atoms with Crippen LogP contribution < -0.4 is 5.32 Å². The summed E-state index contributed by atoms with van der Waals surface area (Å²) in [6, 6.07) is 3.59. The maximum atomic E-state index is 13.2. The van der Waals surface area contributed by atoms with Crippen LogP contribution in [0.1, 0.15) is 59.3 Å². The number of halogens is 2. The Morgan fingerprint density at radius 3 is 2.21 bits per heavy atom. The predicted octanol–water partition coefficient (Wildman–Crippen LogP) is 3.31. The van der Waals surface area contributed by atoms with Gasteiger partial charge < -0.3 is 5.32 Å². The summed E-state index contributed by atoms with van der Waals surface area (Å²) in [6.07, 6.45) is 6.72. The van der Waals surface area contributed by atoms with Crippen molar-refractivity contribution in [2.45, 2.75) is 43.6 Å². The average molecular weight is 329 g/mol. The monoisotopic (exact) mass is 329 g/mol. The molecule has 6 heteroatoms. The maximum Gasteiger partial charge on any atom is 0.254 e. The Labute approximate surface area is 138 Å². The van der Waals surface area contributed by atoms with E-state index in [0.717, 1.165) is 24.7 Å². The molecule has 0 aliphatic heterocycles. The lowest BCUT2D eigenvalue weighted by atomic mass is 9.75. The van der Waals surface area contributed by atoms with E-state index in [2.05, 4.69) is 15.3 Å². The van der Waals surface area contributed by atoms with Gasteiger partial charge in [-0.2, -0.15) is 0 Å². The number of hydrogen-bond acceptors (Lipinski definition) is 3. The van der Waals surface area contributed by atoms with Crippen molar-refractivity contribution in [1.82, 2.24) is 15.3 Å². The van der Waals surface area contributed by atoms with E-state index in [9.17, 15) is 13.6 Å². The Bertz CT molecular complexity index is 748. The highest BCUT2D eigenvalue weighted by Crippen LogP contribution is 2.38. The zero-order chi connectivity index (χ0) is 16.7. The van der Waals surface area contributed by atoms with E-state index in [4.69, 9.17) is 0 Å². The third-order valence-corrected chi connectivity index (χ3v) is 4.71. The van der Waals surface area contributed by atoms with Crippen LogP contribution in [0.2, 0.25) is 0 Å². The van der Waals surface area contributed by atoms with Gasteiger partial charge in [0.05, 0.1) is 5.56 Å². The number of rotatable bonds is 4. The molecule has 2 saturated carbocycles. The van der Waals surface area contributed by atoms with Crippen LogP contribution in [0.3, 0.4) is 0 Å². The first-order valence-electron chi connectivity index (χ1n) is 8.17. The Morgan fingerprint density at radius 1 is 1.00 bits per heavy atom. The molecule has 2 aromatic rings. The normalized spacial score (nSPS) is 22.8. The largest absolute Gasteiger partial charge is 0.349 e. The molecule has 0 unspecified atom stereocenters. The van der Waals surface area contributed by atoms with E-state index in [1.807, 2.05) is 0 Å². The van der Waals surface area contributed by atoms with Gasteiger partial charge >= 0.3 is 0 Å². The lowest BCUT2D eigenvalue weighted by Gasteiger charge is -2.36. The van der Waals surface area contributed by atoms with Crippen LogP contribution >= 0.6 is 0 Å². The highest BCUT2D eigenvalue weighted by Gasteiger charge is 2.32. The van der Waals surface area contributed by atoms with Crippen molar-refractivity contribution in [2.24, 2.45) is 0 Å². The summed E-state index contributed by atoms with van der Waals surface area (Å²) in [5.41, 5.74) is 1.09. The molecule has 0 atom stereocenters. The summed E-state index contributed by atoms with van der Waals surface area (Å²) in [7, 11) is 0. The van der Waals surface area contributed by atoms with Crippen LogP contribution in [-0.2, 0) is 0 Å². The van der Waals surface area contributed by atoms with Crippen molar-refractivity contribution in [1.29, 1.82) is 0 Å². The van der Waals surface area contributed by atoms with Gasteiger partial charge in [-0.05, 0) is 49.3 Å². The molecule has 124 valence electrons. The first kappa shape index (κ1) is 15.2. The number of carbonyl (C=O) groups excluding carboxylic acids is 1. The molecule has 0 spiro atoms. The number of nitrogens with zero attached hydrogens (tertiary/aromatic N) is 2. The number of hydrogen-bond donors (Lipinski definition) is 1. The molecule has 4 nitrogen and oxygen atoms in total. The second-order valence-electron chi connectivity index (χ2n) is 6.65. The summed E-state index contributed by atoms with van der Waals surface area (Å²) >= 11 is 0. The van der Waals surface area contributed by atoms with Gasteiger partial charge in [-0.3, -0.25) is 4.79 Å². The van der Waals surface area contributed by atoms with Crippen molar-refractivity contribution >= 4 is 5.91 Å². The molecule has 2 fully saturated rings. The van der Waals surface area contributed by atoms with Gasteiger partial charge in [0, 0.05) is 30.4 Å². The maximum absolute atomic E-state index is 13.2. The number of amides is 1. The van der Waals surface area contributed by atoms with Gasteiger partial charge in [0.2, 0.25) is 0 Å². The molecule has 2 aliphatic carbocycles. The fourth-order valence-electron chi connectivity index (χ4n) is 3.10. The van der Waals surface area contributed by atoms with Gasteiger partial charge in [0.15, 0.2) is 0 Å². The molecular weight excluding hydrogens is 312 g/mol. The van der Waals surface area contributed by atoms with Crippen molar-refractivity contribution < 1.29 is 13.6 Å². The van der Waals surface area contributed by atoms with Crippen LogP contribution in [0.5, 0.6) is 0 Å². The average Bonchev–Trinajstić information content (AvgIpc) is 3.34. The summed E-state index contributed by atoms with van der Waals surface area (Å²) in [4.78, 5) is 20.7. The predicted molar refractivity (Wildman–Crippen MR) is 83.6 cm³/mol. The van der Waals surface area contributed by atoms with Crippen molar-refractivity contribution in [3.63, 3.8) is 0 Å². The topological polar surface area (TPSA) is 54.9 Å². The third kappa shape index (κ3) is 3.13. The second kappa shape index (κ2) is 5.92. The zero-order valence-corrected chi connectivity index (χ0v) is 13.0. The van der Waals surface area contributed by atoms with E-state index in [0.29, 0.717) is 29.9 Å². The van der Waals surface area contributed by atoms with E-state index in [1.165, 1.54) is 12.1 Å². The Hall–Kier alpha value is -2.37. The van der Waals surface area contributed by atoms with Crippen LogP contribution in [0.4, 0.5) is 8.78 Å². The van der Waals surface area contributed by atoms with Gasteiger partial charge in [-0.1, -0.05) is 0 Å². The van der Waals surface area contributed by atoms with Crippen LogP contribution in [0.25, 0.3) is 0 Å².